The quantitative estimate of drug-likeness (QED) is 0.920. The molecule has 1 amide bonds. The Morgan fingerprint density at radius 1 is 1.30 bits per heavy atom. The first-order valence-corrected chi connectivity index (χ1v) is 7.57. The van der Waals surface area contributed by atoms with Crippen molar-refractivity contribution < 1.29 is 4.79 Å². The fraction of sp³-hybridized carbons (Fsp3) is 0.588. The minimum atomic E-state index is 0.235. The van der Waals surface area contributed by atoms with Gasteiger partial charge in [0.2, 0.25) is 5.91 Å². The summed E-state index contributed by atoms with van der Waals surface area (Å²) in [5, 5.41) is 0. The van der Waals surface area contributed by atoms with Crippen LogP contribution in [0.3, 0.4) is 0 Å². The second-order valence-electron chi connectivity index (χ2n) is 6.17. The summed E-state index contributed by atoms with van der Waals surface area (Å²) in [7, 11) is 0. The maximum atomic E-state index is 12.5. The van der Waals surface area contributed by atoms with E-state index in [1.54, 1.807) is 0 Å². The standard InChI is InChI=1S/C17H26N2O/c1-12-4-6-15(8-13(12)2)9-17(20)19-11-16(10-18)7-5-14(19)3/h4,6,8,14,16H,5,7,9-11,18H2,1-3H3. The Bertz CT molecular complexity index is 484. The molecule has 0 bridgehead atoms. The highest BCUT2D eigenvalue weighted by molar-refractivity contribution is 5.79. The van der Waals surface area contributed by atoms with Gasteiger partial charge in [-0.1, -0.05) is 18.2 Å². The molecule has 2 unspecified atom stereocenters. The Labute approximate surface area is 122 Å². The van der Waals surface area contributed by atoms with Gasteiger partial charge in [-0.2, -0.15) is 0 Å². The van der Waals surface area contributed by atoms with Gasteiger partial charge >= 0.3 is 0 Å². The predicted molar refractivity (Wildman–Crippen MR) is 82.6 cm³/mol. The third-order valence-corrected chi connectivity index (χ3v) is 4.56. The summed E-state index contributed by atoms with van der Waals surface area (Å²) in [5.74, 6) is 0.703. The molecular formula is C17H26N2O. The first-order chi connectivity index (χ1) is 9.51. The number of amides is 1. The van der Waals surface area contributed by atoms with Crippen molar-refractivity contribution in [3.8, 4) is 0 Å². The predicted octanol–water partition coefficient (Wildman–Crippen LogP) is 2.43. The van der Waals surface area contributed by atoms with Gasteiger partial charge in [0.25, 0.3) is 0 Å². The zero-order valence-electron chi connectivity index (χ0n) is 12.9. The molecule has 0 saturated carbocycles. The number of hydrogen-bond acceptors (Lipinski definition) is 2. The highest BCUT2D eigenvalue weighted by Gasteiger charge is 2.28. The Morgan fingerprint density at radius 3 is 2.70 bits per heavy atom. The van der Waals surface area contributed by atoms with Crippen molar-refractivity contribution in [2.24, 2.45) is 11.7 Å². The van der Waals surface area contributed by atoms with E-state index in [9.17, 15) is 4.79 Å². The van der Waals surface area contributed by atoms with Crippen LogP contribution in [0, 0.1) is 19.8 Å². The highest BCUT2D eigenvalue weighted by Crippen LogP contribution is 2.22. The number of benzene rings is 1. The van der Waals surface area contributed by atoms with Crippen LogP contribution >= 0.6 is 0 Å². The molecule has 1 aromatic carbocycles. The van der Waals surface area contributed by atoms with E-state index in [1.807, 2.05) is 4.90 Å². The Balaban J connectivity index is 2.04. The number of rotatable bonds is 3. The fourth-order valence-corrected chi connectivity index (χ4v) is 2.91. The lowest BCUT2D eigenvalue weighted by Gasteiger charge is -2.37. The van der Waals surface area contributed by atoms with Crippen LogP contribution in [0.15, 0.2) is 18.2 Å². The fourth-order valence-electron chi connectivity index (χ4n) is 2.91. The second-order valence-corrected chi connectivity index (χ2v) is 6.17. The third kappa shape index (κ3) is 3.40. The van der Waals surface area contributed by atoms with E-state index < -0.39 is 0 Å². The van der Waals surface area contributed by atoms with E-state index in [2.05, 4.69) is 39.0 Å². The summed E-state index contributed by atoms with van der Waals surface area (Å²) < 4.78 is 0. The smallest absolute Gasteiger partial charge is 0.227 e. The molecular weight excluding hydrogens is 248 g/mol. The molecule has 0 radical (unpaired) electrons. The number of carbonyl (C=O) groups excluding carboxylic acids is 1. The average molecular weight is 274 g/mol. The van der Waals surface area contributed by atoms with Crippen LogP contribution < -0.4 is 5.73 Å². The molecule has 3 nitrogen and oxygen atoms in total. The highest BCUT2D eigenvalue weighted by atomic mass is 16.2. The van der Waals surface area contributed by atoms with Crippen molar-refractivity contribution in [3.05, 3.63) is 34.9 Å². The van der Waals surface area contributed by atoms with Gasteiger partial charge in [-0.15, -0.1) is 0 Å². The van der Waals surface area contributed by atoms with E-state index in [1.165, 1.54) is 11.1 Å². The van der Waals surface area contributed by atoms with Gasteiger partial charge in [0.15, 0.2) is 0 Å². The van der Waals surface area contributed by atoms with Crippen LogP contribution in [0.4, 0.5) is 0 Å². The van der Waals surface area contributed by atoms with Gasteiger partial charge in [-0.05, 0) is 62.8 Å². The molecule has 2 N–H and O–H groups in total. The molecule has 1 aliphatic rings. The molecule has 110 valence electrons. The molecule has 1 fully saturated rings. The van der Waals surface area contributed by atoms with Crippen molar-refractivity contribution in [1.82, 2.24) is 4.90 Å². The van der Waals surface area contributed by atoms with E-state index in [0.717, 1.165) is 24.9 Å². The van der Waals surface area contributed by atoms with Crippen molar-refractivity contribution in [2.75, 3.05) is 13.1 Å². The van der Waals surface area contributed by atoms with Crippen LogP contribution in [0.2, 0.25) is 0 Å². The number of nitrogens with two attached hydrogens (primary N) is 1. The number of likely N-dealkylation sites (tertiary alicyclic amines) is 1. The SMILES string of the molecule is Cc1ccc(CC(=O)N2CC(CN)CCC2C)cc1C. The zero-order chi connectivity index (χ0) is 14.7. The van der Waals surface area contributed by atoms with E-state index in [4.69, 9.17) is 5.73 Å². The van der Waals surface area contributed by atoms with Gasteiger partial charge in [0, 0.05) is 12.6 Å². The zero-order valence-corrected chi connectivity index (χ0v) is 12.9. The maximum Gasteiger partial charge on any atom is 0.227 e. The first-order valence-electron chi connectivity index (χ1n) is 7.57. The van der Waals surface area contributed by atoms with Gasteiger partial charge in [-0.3, -0.25) is 4.79 Å². The van der Waals surface area contributed by atoms with Crippen molar-refractivity contribution in [1.29, 1.82) is 0 Å². The Morgan fingerprint density at radius 2 is 2.05 bits per heavy atom. The van der Waals surface area contributed by atoms with Crippen LogP contribution in [0.1, 0.15) is 36.5 Å². The minimum absolute atomic E-state index is 0.235. The number of nitrogens with zero attached hydrogens (tertiary/aromatic N) is 1. The van der Waals surface area contributed by atoms with Gasteiger partial charge in [0.05, 0.1) is 6.42 Å². The molecule has 1 heterocycles. The lowest BCUT2D eigenvalue weighted by Crippen LogP contribution is -2.47. The van der Waals surface area contributed by atoms with Gasteiger partial charge in [-0.25, -0.2) is 0 Å². The lowest BCUT2D eigenvalue weighted by molar-refractivity contribution is -0.134. The molecule has 1 aliphatic heterocycles. The summed E-state index contributed by atoms with van der Waals surface area (Å²) in [6, 6.07) is 6.63. The van der Waals surface area contributed by atoms with Crippen molar-refractivity contribution in [2.45, 2.75) is 46.1 Å². The maximum absolute atomic E-state index is 12.5. The minimum Gasteiger partial charge on any atom is -0.339 e. The summed E-state index contributed by atoms with van der Waals surface area (Å²) in [6.07, 6.45) is 2.72. The van der Waals surface area contributed by atoms with E-state index in [0.29, 0.717) is 24.9 Å². The van der Waals surface area contributed by atoms with Crippen LogP contribution in [0.25, 0.3) is 0 Å². The largest absolute Gasteiger partial charge is 0.339 e. The molecule has 0 spiro atoms. The number of carbonyl (C=O) groups is 1. The number of aryl methyl sites for hydroxylation is 2. The summed E-state index contributed by atoms with van der Waals surface area (Å²) in [5.41, 5.74) is 9.40. The topological polar surface area (TPSA) is 46.3 Å². The van der Waals surface area contributed by atoms with Crippen LogP contribution in [-0.4, -0.2) is 29.9 Å². The number of hydrogen-bond donors (Lipinski definition) is 1. The molecule has 0 aromatic heterocycles. The molecule has 0 aliphatic carbocycles. The van der Waals surface area contributed by atoms with Crippen molar-refractivity contribution in [3.63, 3.8) is 0 Å². The van der Waals surface area contributed by atoms with Crippen LogP contribution in [0.5, 0.6) is 0 Å². The van der Waals surface area contributed by atoms with E-state index >= 15 is 0 Å². The number of piperidine rings is 1. The van der Waals surface area contributed by atoms with Gasteiger partial charge < -0.3 is 10.6 Å². The first kappa shape index (κ1) is 15.0. The van der Waals surface area contributed by atoms with Crippen LogP contribution in [-0.2, 0) is 11.2 Å². The van der Waals surface area contributed by atoms with Crippen molar-refractivity contribution >= 4 is 5.91 Å². The Kier molecular flexibility index (Phi) is 4.81. The second kappa shape index (κ2) is 6.40. The third-order valence-electron chi connectivity index (χ3n) is 4.56. The summed E-state index contributed by atoms with van der Waals surface area (Å²) in [4.78, 5) is 14.5. The van der Waals surface area contributed by atoms with Gasteiger partial charge in [0.1, 0.15) is 0 Å². The summed E-state index contributed by atoms with van der Waals surface area (Å²) >= 11 is 0. The summed E-state index contributed by atoms with van der Waals surface area (Å²) in [6.45, 7) is 7.84. The van der Waals surface area contributed by atoms with E-state index in [-0.39, 0.29) is 5.91 Å². The molecule has 1 aromatic rings. The molecule has 20 heavy (non-hydrogen) atoms. The monoisotopic (exact) mass is 274 g/mol. The Hall–Kier alpha value is -1.35. The average Bonchev–Trinajstić information content (AvgIpc) is 2.43. The molecule has 1 saturated heterocycles. The lowest BCUT2D eigenvalue weighted by atomic mass is 9.93. The molecule has 3 heteroatoms. The normalized spacial score (nSPS) is 22.9. The molecule has 2 rings (SSSR count). The molecule has 2 atom stereocenters.